The minimum absolute atomic E-state index is 0.0385. The van der Waals surface area contributed by atoms with E-state index in [1.165, 1.54) is 0 Å². The van der Waals surface area contributed by atoms with Crippen LogP contribution in [0.3, 0.4) is 0 Å². The highest BCUT2D eigenvalue weighted by molar-refractivity contribution is 6.30. The molecule has 0 heterocycles. The summed E-state index contributed by atoms with van der Waals surface area (Å²) in [5.74, 6) is 0.533. The van der Waals surface area contributed by atoms with Crippen molar-refractivity contribution in [3.8, 4) is 5.75 Å². The third-order valence-corrected chi connectivity index (χ3v) is 5.58. The maximum absolute atomic E-state index is 13.2. The van der Waals surface area contributed by atoms with Gasteiger partial charge in [0.2, 0.25) is 5.91 Å². The molecule has 0 aliphatic rings. The molecule has 1 N–H and O–H groups in total. The number of hydrogen-bond donors (Lipinski definition) is 1. The molecule has 31 heavy (non-hydrogen) atoms. The van der Waals surface area contributed by atoms with Gasteiger partial charge in [0.15, 0.2) is 6.61 Å². The molecule has 0 spiro atoms. The lowest BCUT2D eigenvalue weighted by Gasteiger charge is -2.29. The van der Waals surface area contributed by atoms with Gasteiger partial charge in [-0.1, -0.05) is 62.7 Å². The number of ether oxygens (including phenoxy) is 1. The standard InChI is InChI=1S/C25H33ClN2O3/c1-6-18(4)27-25(30)19(5)28(15-20-11-13-21(26)14-12-20)24(29)16-31-23-10-8-7-9-22(23)17(2)3/h7-14,17-19H,6,15-16H2,1-5H3,(H,27,30). The highest BCUT2D eigenvalue weighted by Crippen LogP contribution is 2.26. The fourth-order valence-corrected chi connectivity index (χ4v) is 3.27. The first kappa shape index (κ1) is 24.7. The quantitative estimate of drug-likeness (QED) is 0.549. The van der Waals surface area contributed by atoms with Gasteiger partial charge in [-0.2, -0.15) is 0 Å². The smallest absolute Gasteiger partial charge is 0.261 e. The van der Waals surface area contributed by atoms with Crippen LogP contribution < -0.4 is 10.1 Å². The van der Waals surface area contributed by atoms with Gasteiger partial charge < -0.3 is 15.0 Å². The molecule has 2 rings (SSSR count). The van der Waals surface area contributed by atoms with Crippen molar-refractivity contribution in [1.82, 2.24) is 10.2 Å². The van der Waals surface area contributed by atoms with Gasteiger partial charge >= 0.3 is 0 Å². The third-order valence-electron chi connectivity index (χ3n) is 5.33. The monoisotopic (exact) mass is 444 g/mol. The van der Waals surface area contributed by atoms with E-state index in [9.17, 15) is 9.59 Å². The fraction of sp³-hybridized carbons (Fsp3) is 0.440. The zero-order chi connectivity index (χ0) is 23.0. The molecule has 2 aromatic carbocycles. The maximum Gasteiger partial charge on any atom is 0.261 e. The minimum Gasteiger partial charge on any atom is -0.483 e. The first-order chi connectivity index (χ1) is 14.7. The van der Waals surface area contributed by atoms with Gasteiger partial charge in [-0.15, -0.1) is 0 Å². The number of amides is 2. The summed E-state index contributed by atoms with van der Waals surface area (Å²) in [7, 11) is 0. The Labute approximate surface area is 190 Å². The van der Waals surface area contributed by atoms with Crippen molar-refractivity contribution in [3.05, 3.63) is 64.7 Å². The summed E-state index contributed by atoms with van der Waals surface area (Å²) in [5.41, 5.74) is 1.94. The number of hydrogen-bond acceptors (Lipinski definition) is 3. The molecule has 0 saturated heterocycles. The van der Waals surface area contributed by atoms with Crippen LogP contribution in [0.2, 0.25) is 5.02 Å². The summed E-state index contributed by atoms with van der Waals surface area (Å²) in [6.45, 7) is 10.0. The molecule has 0 aromatic heterocycles. The summed E-state index contributed by atoms with van der Waals surface area (Å²) in [5, 5.41) is 3.59. The second-order valence-electron chi connectivity index (χ2n) is 8.12. The zero-order valence-electron chi connectivity index (χ0n) is 19.0. The Hall–Kier alpha value is -2.53. The van der Waals surface area contributed by atoms with Crippen LogP contribution in [0, 0.1) is 0 Å². The average molecular weight is 445 g/mol. The normalized spacial score (nSPS) is 12.9. The molecule has 5 nitrogen and oxygen atoms in total. The Morgan fingerprint density at radius 2 is 1.68 bits per heavy atom. The second-order valence-corrected chi connectivity index (χ2v) is 8.56. The van der Waals surface area contributed by atoms with Gasteiger partial charge in [0.1, 0.15) is 11.8 Å². The predicted molar refractivity (Wildman–Crippen MR) is 125 cm³/mol. The summed E-state index contributed by atoms with van der Waals surface area (Å²) < 4.78 is 5.89. The number of para-hydroxylation sites is 1. The van der Waals surface area contributed by atoms with Crippen LogP contribution >= 0.6 is 11.6 Å². The third kappa shape index (κ3) is 7.28. The van der Waals surface area contributed by atoms with Crippen LogP contribution in [-0.2, 0) is 16.1 Å². The van der Waals surface area contributed by atoms with Gasteiger partial charge in [-0.3, -0.25) is 9.59 Å². The molecule has 0 aliphatic carbocycles. The highest BCUT2D eigenvalue weighted by Gasteiger charge is 2.27. The molecular weight excluding hydrogens is 412 g/mol. The van der Waals surface area contributed by atoms with Crippen LogP contribution in [0.5, 0.6) is 5.75 Å². The predicted octanol–water partition coefficient (Wildman–Crippen LogP) is 5.17. The molecule has 0 bridgehead atoms. The van der Waals surface area contributed by atoms with E-state index in [0.29, 0.717) is 17.3 Å². The number of carbonyl (C=O) groups is 2. The Balaban J connectivity index is 2.19. The molecular formula is C25H33ClN2O3. The van der Waals surface area contributed by atoms with E-state index in [-0.39, 0.29) is 30.4 Å². The summed E-state index contributed by atoms with van der Waals surface area (Å²) >= 11 is 5.99. The van der Waals surface area contributed by atoms with Crippen LogP contribution in [0.4, 0.5) is 0 Å². The SMILES string of the molecule is CCC(C)NC(=O)C(C)N(Cc1ccc(Cl)cc1)C(=O)COc1ccccc1C(C)C. The molecule has 2 unspecified atom stereocenters. The maximum atomic E-state index is 13.2. The fourth-order valence-electron chi connectivity index (χ4n) is 3.15. The van der Waals surface area contributed by atoms with Gasteiger partial charge in [-0.05, 0) is 55.5 Å². The molecule has 168 valence electrons. The second kappa shape index (κ2) is 11.8. The van der Waals surface area contributed by atoms with Crippen molar-refractivity contribution in [1.29, 1.82) is 0 Å². The number of rotatable bonds is 10. The van der Waals surface area contributed by atoms with E-state index < -0.39 is 6.04 Å². The van der Waals surface area contributed by atoms with Gasteiger partial charge in [-0.25, -0.2) is 0 Å². The lowest BCUT2D eigenvalue weighted by Crippen LogP contribution is -2.50. The number of nitrogens with one attached hydrogen (secondary N) is 1. The zero-order valence-corrected chi connectivity index (χ0v) is 19.8. The first-order valence-electron chi connectivity index (χ1n) is 10.8. The van der Waals surface area contributed by atoms with Crippen LogP contribution in [-0.4, -0.2) is 35.4 Å². The van der Waals surface area contributed by atoms with Gasteiger partial charge in [0.25, 0.3) is 5.91 Å². The van der Waals surface area contributed by atoms with E-state index in [4.69, 9.17) is 16.3 Å². The van der Waals surface area contributed by atoms with E-state index in [1.807, 2.05) is 50.2 Å². The highest BCUT2D eigenvalue weighted by atomic mass is 35.5. The van der Waals surface area contributed by atoms with E-state index in [2.05, 4.69) is 19.2 Å². The Kier molecular flexibility index (Phi) is 9.38. The minimum atomic E-state index is -0.638. The molecule has 2 amide bonds. The molecule has 0 radical (unpaired) electrons. The van der Waals surface area contributed by atoms with Crippen LogP contribution in [0.15, 0.2) is 48.5 Å². The molecule has 2 atom stereocenters. The Morgan fingerprint density at radius 1 is 1.03 bits per heavy atom. The number of carbonyl (C=O) groups excluding carboxylic acids is 2. The first-order valence-corrected chi connectivity index (χ1v) is 11.2. The summed E-state index contributed by atoms with van der Waals surface area (Å²) in [4.78, 5) is 27.5. The molecule has 6 heteroatoms. The molecule has 0 saturated carbocycles. The van der Waals surface area contributed by atoms with Crippen molar-refractivity contribution >= 4 is 23.4 Å². The van der Waals surface area contributed by atoms with E-state index >= 15 is 0 Å². The number of nitrogens with zero attached hydrogens (tertiary/aromatic N) is 1. The molecule has 2 aromatic rings. The van der Waals surface area contributed by atoms with Crippen LogP contribution in [0.25, 0.3) is 0 Å². The Morgan fingerprint density at radius 3 is 2.29 bits per heavy atom. The van der Waals surface area contributed by atoms with Crippen molar-refractivity contribution < 1.29 is 14.3 Å². The van der Waals surface area contributed by atoms with Crippen molar-refractivity contribution in [2.75, 3.05) is 6.61 Å². The van der Waals surface area contributed by atoms with Crippen molar-refractivity contribution in [3.63, 3.8) is 0 Å². The molecule has 0 aliphatic heterocycles. The van der Waals surface area contributed by atoms with Gasteiger partial charge in [0.05, 0.1) is 0 Å². The lowest BCUT2D eigenvalue weighted by atomic mass is 10.0. The summed E-state index contributed by atoms with van der Waals surface area (Å²) in [6.07, 6.45) is 0.818. The Bertz CT molecular complexity index is 867. The summed E-state index contributed by atoms with van der Waals surface area (Å²) in [6, 6.07) is 14.4. The van der Waals surface area contributed by atoms with Crippen LogP contribution in [0.1, 0.15) is 58.1 Å². The van der Waals surface area contributed by atoms with E-state index in [0.717, 1.165) is 17.5 Å². The number of halogens is 1. The van der Waals surface area contributed by atoms with Gasteiger partial charge in [0, 0.05) is 17.6 Å². The van der Waals surface area contributed by atoms with E-state index in [1.54, 1.807) is 24.0 Å². The average Bonchev–Trinajstić information content (AvgIpc) is 2.76. The number of benzene rings is 2. The van der Waals surface area contributed by atoms with Crippen molar-refractivity contribution in [2.24, 2.45) is 0 Å². The lowest BCUT2D eigenvalue weighted by molar-refractivity contribution is -0.142. The molecule has 0 fully saturated rings. The largest absolute Gasteiger partial charge is 0.483 e. The topological polar surface area (TPSA) is 58.6 Å². The van der Waals surface area contributed by atoms with Crippen molar-refractivity contribution in [2.45, 2.75) is 65.6 Å².